The van der Waals surface area contributed by atoms with Crippen molar-refractivity contribution in [1.29, 1.82) is 0 Å². The quantitative estimate of drug-likeness (QED) is 0.675. The van der Waals surface area contributed by atoms with Crippen LogP contribution in [0.2, 0.25) is 0 Å². The molecule has 0 saturated carbocycles. The molecule has 2 aromatic heterocycles. The monoisotopic (exact) mass is 328 g/mol. The molecule has 5 nitrogen and oxygen atoms in total. The first-order valence-electron chi connectivity index (χ1n) is 5.60. The Balaban J connectivity index is 1.91. The molecule has 0 unspecified atom stereocenters. The van der Waals surface area contributed by atoms with Crippen molar-refractivity contribution in [3.8, 4) is 0 Å². The lowest BCUT2D eigenvalue weighted by Crippen LogP contribution is -2.15. The van der Waals surface area contributed by atoms with Gasteiger partial charge in [-0.3, -0.25) is 4.79 Å². The lowest BCUT2D eigenvalue weighted by Gasteiger charge is -2.04. The highest BCUT2D eigenvalue weighted by Crippen LogP contribution is 2.25. The van der Waals surface area contributed by atoms with E-state index >= 15 is 0 Å². The van der Waals surface area contributed by atoms with Crippen molar-refractivity contribution in [2.75, 3.05) is 18.2 Å². The number of rotatable bonds is 5. The van der Waals surface area contributed by atoms with Gasteiger partial charge >= 0.3 is 5.97 Å². The fourth-order valence-electron chi connectivity index (χ4n) is 1.37. The third-order valence-corrected chi connectivity index (χ3v) is 5.27. The van der Waals surface area contributed by atoms with Gasteiger partial charge in [0.1, 0.15) is 4.88 Å². The predicted molar refractivity (Wildman–Crippen MR) is 81.9 cm³/mol. The second-order valence-electron chi connectivity index (χ2n) is 3.75. The molecule has 8 heteroatoms. The van der Waals surface area contributed by atoms with E-state index in [1.54, 1.807) is 11.4 Å². The highest BCUT2D eigenvalue weighted by molar-refractivity contribution is 8.01. The summed E-state index contributed by atoms with van der Waals surface area (Å²) in [5.41, 5.74) is 1.44. The molecule has 0 spiro atoms. The first-order chi connectivity index (χ1) is 9.60. The van der Waals surface area contributed by atoms with E-state index in [1.165, 1.54) is 41.5 Å². The molecule has 0 aliphatic heterocycles. The summed E-state index contributed by atoms with van der Waals surface area (Å²) in [5, 5.41) is 6.38. The Hall–Kier alpha value is -1.38. The molecule has 1 N–H and O–H groups in total. The smallest absolute Gasteiger partial charge is 0.350 e. The number of thiophene rings is 1. The molecule has 0 fully saturated rings. The zero-order valence-corrected chi connectivity index (χ0v) is 13.3. The van der Waals surface area contributed by atoms with Gasteiger partial charge in [-0.15, -0.1) is 22.7 Å². The van der Waals surface area contributed by atoms with Crippen LogP contribution in [0.25, 0.3) is 0 Å². The number of hydrogen-bond acceptors (Lipinski definition) is 7. The fourth-order valence-corrected chi connectivity index (χ4v) is 3.79. The van der Waals surface area contributed by atoms with Crippen LogP contribution in [0.15, 0.2) is 21.2 Å². The van der Waals surface area contributed by atoms with Gasteiger partial charge in [-0.2, -0.15) is 0 Å². The maximum absolute atomic E-state index is 11.9. The molecule has 2 aromatic rings. The first kappa shape index (κ1) is 15.0. The minimum absolute atomic E-state index is 0.175. The number of carbonyl (C=O) groups excluding carboxylic acids is 2. The standard InChI is InChI=1S/C12H12N2O3S3/c1-7-5-19-12(13-7)20-6-9(15)14-8-3-4-18-10(8)11(16)17-2/h3-5H,6H2,1-2H3,(H,14,15). The third kappa shape index (κ3) is 3.81. The van der Waals surface area contributed by atoms with E-state index < -0.39 is 5.97 Å². The molecule has 0 aliphatic rings. The predicted octanol–water partition coefficient (Wildman–Crippen LogP) is 3.03. The van der Waals surface area contributed by atoms with E-state index in [9.17, 15) is 9.59 Å². The van der Waals surface area contributed by atoms with Crippen LogP contribution in [0.5, 0.6) is 0 Å². The average Bonchev–Trinajstić information content (AvgIpc) is 3.04. The molecule has 0 aromatic carbocycles. The van der Waals surface area contributed by atoms with Crippen molar-refractivity contribution in [3.05, 3.63) is 27.4 Å². The van der Waals surface area contributed by atoms with E-state index in [1.807, 2.05) is 12.3 Å². The maximum Gasteiger partial charge on any atom is 0.350 e. The van der Waals surface area contributed by atoms with Crippen molar-refractivity contribution in [2.45, 2.75) is 11.3 Å². The maximum atomic E-state index is 11.9. The van der Waals surface area contributed by atoms with Crippen molar-refractivity contribution in [2.24, 2.45) is 0 Å². The minimum atomic E-state index is -0.446. The Morgan fingerprint density at radius 2 is 2.25 bits per heavy atom. The molecule has 1 amide bonds. The Bertz CT molecular complexity index is 621. The summed E-state index contributed by atoms with van der Waals surface area (Å²) in [6.45, 7) is 1.91. The molecule has 0 aliphatic carbocycles. The Kier molecular flexibility index (Phi) is 5.16. The van der Waals surface area contributed by atoms with Gasteiger partial charge in [-0.25, -0.2) is 9.78 Å². The summed E-state index contributed by atoms with van der Waals surface area (Å²) in [7, 11) is 1.31. The van der Waals surface area contributed by atoms with Crippen LogP contribution in [-0.2, 0) is 9.53 Å². The van der Waals surface area contributed by atoms with Crippen LogP contribution < -0.4 is 5.32 Å². The van der Waals surface area contributed by atoms with Gasteiger partial charge in [-0.05, 0) is 18.4 Å². The molecular formula is C12H12N2O3S3. The number of thioether (sulfide) groups is 1. The lowest BCUT2D eigenvalue weighted by molar-refractivity contribution is -0.113. The Labute approximate surface area is 128 Å². The minimum Gasteiger partial charge on any atom is -0.465 e. The Morgan fingerprint density at radius 3 is 2.90 bits per heavy atom. The largest absolute Gasteiger partial charge is 0.465 e. The number of carbonyl (C=O) groups is 2. The van der Waals surface area contributed by atoms with Gasteiger partial charge in [0, 0.05) is 11.1 Å². The highest BCUT2D eigenvalue weighted by Gasteiger charge is 2.15. The van der Waals surface area contributed by atoms with Crippen LogP contribution >= 0.6 is 34.4 Å². The van der Waals surface area contributed by atoms with E-state index in [2.05, 4.69) is 15.0 Å². The van der Waals surface area contributed by atoms with Crippen LogP contribution in [0.1, 0.15) is 15.4 Å². The molecule has 0 bridgehead atoms. The SMILES string of the molecule is COC(=O)c1sccc1NC(=O)CSc1nc(C)cs1. The van der Waals surface area contributed by atoms with Gasteiger partial charge in [-0.1, -0.05) is 11.8 Å². The van der Waals surface area contributed by atoms with E-state index in [0.717, 1.165) is 10.0 Å². The summed E-state index contributed by atoms with van der Waals surface area (Å²) in [6.07, 6.45) is 0. The first-order valence-corrected chi connectivity index (χ1v) is 8.35. The number of anilines is 1. The third-order valence-electron chi connectivity index (χ3n) is 2.23. The topological polar surface area (TPSA) is 68.3 Å². The number of aryl methyl sites for hydroxylation is 1. The van der Waals surface area contributed by atoms with E-state index in [4.69, 9.17) is 0 Å². The van der Waals surface area contributed by atoms with Gasteiger partial charge < -0.3 is 10.1 Å². The zero-order chi connectivity index (χ0) is 14.5. The van der Waals surface area contributed by atoms with Crippen molar-refractivity contribution >= 4 is 52.0 Å². The molecule has 0 atom stereocenters. The second kappa shape index (κ2) is 6.87. The number of methoxy groups -OCH3 is 1. The number of ether oxygens (including phenoxy) is 1. The number of nitrogens with one attached hydrogen (secondary N) is 1. The Morgan fingerprint density at radius 1 is 1.45 bits per heavy atom. The van der Waals surface area contributed by atoms with Gasteiger partial charge in [0.2, 0.25) is 5.91 Å². The van der Waals surface area contributed by atoms with Crippen LogP contribution in [0, 0.1) is 6.92 Å². The normalized spacial score (nSPS) is 10.3. The number of hydrogen-bond donors (Lipinski definition) is 1. The summed E-state index contributed by atoms with van der Waals surface area (Å²) in [4.78, 5) is 28.0. The molecule has 0 saturated heterocycles. The van der Waals surface area contributed by atoms with Crippen molar-refractivity contribution < 1.29 is 14.3 Å². The number of aromatic nitrogens is 1. The molecular weight excluding hydrogens is 316 g/mol. The molecule has 20 heavy (non-hydrogen) atoms. The molecule has 106 valence electrons. The number of nitrogens with zero attached hydrogens (tertiary/aromatic N) is 1. The van der Waals surface area contributed by atoms with Gasteiger partial charge in [0.15, 0.2) is 4.34 Å². The van der Waals surface area contributed by atoms with Crippen molar-refractivity contribution in [1.82, 2.24) is 4.98 Å². The van der Waals surface area contributed by atoms with E-state index in [0.29, 0.717) is 10.6 Å². The molecule has 2 heterocycles. The van der Waals surface area contributed by atoms with Crippen LogP contribution in [-0.4, -0.2) is 29.7 Å². The summed E-state index contributed by atoms with van der Waals surface area (Å²) in [6, 6.07) is 1.69. The van der Waals surface area contributed by atoms with E-state index in [-0.39, 0.29) is 11.7 Å². The van der Waals surface area contributed by atoms with Crippen molar-refractivity contribution in [3.63, 3.8) is 0 Å². The average molecular weight is 328 g/mol. The molecule has 2 rings (SSSR count). The number of amides is 1. The summed E-state index contributed by atoms with van der Waals surface area (Å²) < 4.78 is 5.51. The number of esters is 1. The van der Waals surface area contributed by atoms with Crippen LogP contribution in [0.4, 0.5) is 5.69 Å². The second-order valence-corrected chi connectivity index (χ2v) is 6.74. The fraction of sp³-hybridized carbons (Fsp3) is 0.250. The molecule has 0 radical (unpaired) electrons. The number of thiazole rings is 1. The zero-order valence-electron chi connectivity index (χ0n) is 10.8. The van der Waals surface area contributed by atoms with Gasteiger partial charge in [0.05, 0.1) is 18.6 Å². The van der Waals surface area contributed by atoms with Crippen LogP contribution in [0.3, 0.4) is 0 Å². The summed E-state index contributed by atoms with van der Waals surface area (Å²) >= 11 is 4.12. The van der Waals surface area contributed by atoms with Gasteiger partial charge in [0.25, 0.3) is 0 Å². The summed E-state index contributed by atoms with van der Waals surface area (Å²) in [5.74, 6) is -0.367. The highest BCUT2D eigenvalue weighted by atomic mass is 32.2. The lowest BCUT2D eigenvalue weighted by atomic mass is 10.4.